The molecule has 0 spiro atoms. The van der Waals surface area contributed by atoms with Crippen molar-refractivity contribution < 1.29 is 14.3 Å². The molecule has 0 radical (unpaired) electrons. The summed E-state index contributed by atoms with van der Waals surface area (Å²) in [4.78, 5) is 24.6. The van der Waals surface area contributed by atoms with Crippen LogP contribution in [0.25, 0.3) is 0 Å². The quantitative estimate of drug-likeness (QED) is 0.644. The zero-order valence-electron chi connectivity index (χ0n) is 15.6. The highest BCUT2D eigenvalue weighted by molar-refractivity contribution is 5.99. The lowest BCUT2D eigenvalue weighted by Crippen LogP contribution is -2.33. The average molecular weight is 374 g/mol. The minimum absolute atomic E-state index is 0.110. The first-order valence-corrected chi connectivity index (χ1v) is 9.14. The van der Waals surface area contributed by atoms with Gasteiger partial charge in [0.05, 0.1) is 6.54 Å². The summed E-state index contributed by atoms with van der Waals surface area (Å²) in [6.45, 7) is 1.91. The summed E-state index contributed by atoms with van der Waals surface area (Å²) in [5, 5.41) is 5.47. The van der Waals surface area contributed by atoms with Crippen LogP contribution in [0.5, 0.6) is 11.5 Å². The first-order chi connectivity index (χ1) is 13.7. The van der Waals surface area contributed by atoms with Crippen LogP contribution in [0.3, 0.4) is 0 Å². The Hall–Kier alpha value is -3.60. The fourth-order valence-electron chi connectivity index (χ4n) is 2.73. The molecule has 0 saturated carbocycles. The standard InChI is InChI=1S/C23H22N2O3/c1-2-17-9-6-7-14-21(17)25-22(26)16-24-23(27)18-10-8-13-20(15-18)28-19-11-4-3-5-12-19/h3-15H,2,16H2,1H3,(H,24,27)(H,25,26). The molecule has 0 aliphatic rings. The molecule has 0 atom stereocenters. The zero-order chi connectivity index (χ0) is 19.8. The SMILES string of the molecule is CCc1ccccc1NC(=O)CNC(=O)c1cccc(Oc2ccccc2)c1. The summed E-state index contributed by atoms with van der Waals surface area (Å²) >= 11 is 0. The molecule has 0 heterocycles. The summed E-state index contributed by atoms with van der Waals surface area (Å²) in [5.74, 6) is 0.637. The second-order valence-electron chi connectivity index (χ2n) is 6.18. The van der Waals surface area contributed by atoms with Crippen LogP contribution >= 0.6 is 0 Å². The molecule has 0 aromatic heterocycles. The van der Waals surface area contributed by atoms with Gasteiger partial charge in [-0.1, -0.05) is 49.4 Å². The third kappa shape index (κ3) is 5.20. The molecule has 0 unspecified atom stereocenters. The van der Waals surface area contributed by atoms with Crippen LogP contribution in [0, 0.1) is 0 Å². The van der Waals surface area contributed by atoms with Gasteiger partial charge in [0.15, 0.2) is 0 Å². The van der Waals surface area contributed by atoms with Gasteiger partial charge < -0.3 is 15.4 Å². The minimum atomic E-state index is -0.336. The zero-order valence-corrected chi connectivity index (χ0v) is 15.6. The maximum atomic E-state index is 12.4. The Labute approximate surface area is 164 Å². The Morgan fingerprint density at radius 2 is 1.57 bits per heavy atom. The van der Waals surface area contributed by atoms with E-state index >= 15 is 0 Å². The Morgan fingerprint density at radius 1 is 0.857 bits per heavy atom. The topological polar surface area (TPSA) is 67.4 Å². The smallest absolute Gasteiger partial charge is 0.251 e. The lowest BCUT2D eigenvalue weighted by atomic mass is 10.1. The number of anilines is 1. The van der Waals surface area contributed by atoms with Gasteiger partial charge in [0.25, 0.3) is 5.91 Å². The third-order valence-electron chi connectivity index (χ3n) is 4.16. The van der Waals surface area contributed by atoms with Crippen molar-refractivity contribution in [1.82, 2.24) is 5.32 Å². The molecule has 0 saturated heterocycles. The number of benzene rings is 3. The van der Waals surface area contributed by atoms with Crippen molar-refractivity contribution in [2.24, 2.45) is 0 Å². The van der Waals surface area contributed by atoms with E-state index in [1.807, 2.05) is 61.5 Å². The molecule has 3 rings (SSSR count). The number of aryl methyl sites for hydroxylation is 1. The Morgan fingerprint density at radius 3 is 2.36 bits per heavy atom. The highest BCUT2D eigenvalue weighted by atomic mass is 16.5. The van der Waals surface area contributed by atoms with E-state index in [2.05, 4.69) is 10.6 Å². The molecule has 0 bridgehead atoms. The van der Waals surface area contributed by atoms with Crippen LogP contribution in [0.2, 0.25) is 0 Å². The Balaban J connectivity index is 1.57. The molecule has 3 aromatic rings. The molecule has 0 aliphatic carbocycles. The molecule has 5 heteroatoms. The number of nitrogens with one attached hydrogen (secondary N) is 2. The van der Waals surface area contributed by atoms with Crippen LogP contribution < -0.4 is 15.4 Å². The number of rotatable bonds is 7. The number of carbonyl (C=O) groups is 2. The lowest BCUT2D eigenvalue weighted by Gasteiger charge is -2.11. The number of hydrogen-bond donors (Lipinski definition) is 2. The van der Waals surface area contributed by atoms with Crippen LogP contribution in [0.15, 0.2) is 78.9 Å². The molecule has 3 aromatic carbocycles. The van der Waals surface area contributed by atoms with E-state index in [1.54, 1.807) is 24.3 Å². The second kappa shape index (κ2) is 9.37. The number of hydrogen-bond acceptors (Lipinski definition) is 3. The first kappa shape index (κ1) is 19.2. The summed E-state index contributed by atoms with van der Waals surface area (Å²) in [7, 11) is 0. The lowest BCUT2D eigenvalue weighted by molar-refractivity contribution is -0.115. The maximum absolute atomic E-state index is 12.4. The van der Waals surface area contributed by atoms with Crippen LogP contribution in [0.1, 0.15) is 22.8 Å². The van der Waals surface area contributed by atoms with Crippen molar-refractivity contribution in [2.45, 2.75) is 13.3 Å². The number of ether oxygens (including phenoxy) is 1. The average Bonchev–Trinajstić information content (AvgIpc) is 2.73. The largest absolute Gasteiger partial charge is 0.457 e. The molecule has 2 amide bonds. The van der Waals surface area contributed by atoms with E-state index in [0.717, 1.165) is 17.7 Å². The summed E-state index contributed by atoms with van der Waals surface area (Å²) in [6, 6.07) is 23.8. The van der Waals surface area contributed by atoms with Gasteiger partial charge in [-0.05, 0) is 48.4 Å². The molecular formula is C23H22N2O3. The monoisotopic (exact) mass is 374 g/mol. The van der Waals surface area contributed by atoms with E-state index in [4.69, 9.17) is 4.74 Å². The van der Waals surface area contributed by atoms with Crippen LogP contribution in [-0.2, 0) is 11.2 Å². The number of carbonyl (C=O) groups excluding carboxylic acids is 2. The Kier molecular flexibility index (Phi) is 6.41. The van der Waals surface area contributed by atoms with Gasteiger partial charge in [0.1, 0.15) is 11.5 Å². The van der Waals surface area contributed by atoms with Crippen LogP contribution in [-0.4, -0.2) is 18.4 Å². The normalized spacial score (nSPS) is 10.2. The maximum Gasteiger partial charge on any atom is 0.251 e. The molecule has 0 aliphatic heterocycles. The van der Waals surface area contributed by atoms with Crippen molar-refractivity contribution in [3.05, 3.63) is 90.0 Å². The molecule has 5 nitrogen and oxygen atoms in total. The van der Waals surface area contributed by atoms with Crippen molar-refractivity contribution in [3.63, 3.8) is 0 Å². The second-order valence-corrected chi connectivity index (χ2v) is 6.18. The van der Waals surface area contributed by atoms with Gasteiger partial charge in [-0.15, -0.1) is 0 Å². The van der Waals surface area contributed by atoms with Gasteiger partial charge >= 0.3 is 0 Å². The van der Waals surface area contributed by atoms with Gasteiger partial charge in [-0.2, -0.15) is 0 Å². The van der Waals surface area contributed by atoms with E-state index in [1.165, 1.54) is 0 Å². The summed E-state index contributed by atoms with van der Waals surface area (Å²) in [6.07, 6.45) is 0.816. The fourth-order valence-corrected chi connectivity index (χ4v) is 2.73. The highest BCUT2D eigenvalue weighted by Crippen LogP contribution is 2.21. The molecule has 0 fully saturated rings. The predicted molar refractivity (Wildman–Crippen MR) is 110 cm³/mol. The Bertz CT molecular complexity index is 955. The van der Waals surface area contributed by atoms with E-state index < -0.39 is 0 Å². The molecular weight excluding hydrogens is 352 g/mol. The van der Waals surface area contributed by atoms with E-state index in [9.17, 15) is 9.59 Å². The highest BCUT2D eigenvalue weighted by Gasteiger charge is 2.10. The molecule has 28 heavy (non-hydrogen) atoms. The first-order valence-electron chi connectivity index (χ1n) is 9.14. The third-order valence-corrected chi connectivity index (χ3v) is 4.16. The summed E-state index contributed by atoms with van der Waals surface area (Å²) in [5.41, 5.74) is 2.24. The van der Waals surface area contributed by atoms with Crippen molar-refractivity contribution in [3.8, 4) is 11.5 Å². The van der Waals surface area contributed by atoms with Gasteiger partial charge in [-0.3, -0.25) is 9.59 Å². The number of para-hydroxylation sites is 2. The number of amides is 2. The molecule has 2 N–H and O–H groups in total. The molecule has 142 valence electrons. The van der Waals surface area contributed by atoms with E-state index in [0.29, 0.717) is 17.1 Å². The van der Waals surface area contributed by atoms with Crippen LogP contribution in [0.4, 0.5) is 5.69 Å². The van der Waals surface area contributed by atoms with Gasteiger partial charge in [0, 0.05) is 11.3 Å². The predicted octanol–water partition coefficient (Wildman–Crippen LogP) is 4.41. The van der Waals surface area contributed by atoms with Gasteiger partial charge in [0.2, 0.25) is 5.91 Å². The fraction of sp³-hybridized carbons (Fsp3) is 0.130. The van der Waals surface area contributed by atoms with E-state index in [-0.39, 0.29) is 18.4 Å². The van der Waals surface area contributed by atoms with Crippen molar-refractivity contribution >= 4 is 17.5 Å². The van der Waals surface area contributed by atoms with Crippen molar-refractivity contribution in [2.75, 3.05) is 11.9 Å². The van der Waals surface area contributed by atoms with Crippen molar-refractivity contribution in [1.29, 1.82) is 0 Å². The summed E-state index contributed by atoms with van der Waals surface area (Å²) < 4.78 is 5.74. The minimum Gasteiger partial charge on any atom is -0.457 e. The van der Waals surface area contributed by atoms with Gasteiger partial charge in [-0.25, -0.2) is 0 Å².